The van der Waals surface area contributed by atoms with Gasteiger partial charge in [0.25, 0.3) is 0 Å². The maximum Gasteiger partial charge on any atom is 0.404 e. The van der Waals surface area contributed by atoms with Gasteiger partial charge in [0.1, 0.15) is 30.3 Å². The van der Waals surface area contributed by atoms with Crippen LogP contribution in [0.1, 0.15) is 0 Å². The number of carbonyl (C=O) groups is 1. The number of hydrogen-bond donors (Lipinski definition) is 4. The van der Waals surface area contributed by atoms with Crippen molar-refractivity contribution in [3.05, 3.63) is 46.9 Å². The third-order valence-corrected chi connectivity index (χ3v) is 4.32. The van der Waals surface area contributed by atoms with Crippen LogP contribution in [0.25, 0.3) is 10.9 Å². The number of ether oxygens (including phenoxy) is 1. The lowest BCUT2D eigenvalue weighted by Crippen LogP contribution is -2.26. The molecule has 8 nitrogen and oxygen atoms in total. The number of rotatable bonds is 7. The lowest BCUT2D eigenvalue weighted by molar-refractivity contribution is 0.191. The number of aromatic nitrogens is 2. The Morgan fingerprint density at radius 3 is 2.79 bits per heavy atom. The summed E-state index contributed by atoms with van der Waals surface area (Å²) in [5, 5.41) is 17.5. The summed E-state index contributed by atoms with van der Waals surface area (Å²) in [6, 6.07) is 8.20. The predicted molar refractivity (Wildman–Crippen MR) is 108 cm³/mol. The van der Waals surface area contributed by atoms with Crippen LogP contribution in [0.15, 0.2) is 41.1 Å². The lowest BCUT2D eigenvalue weighted by Gasteiger charge is -2.14. The lowest BCUT2D eigenvalue weighted by atomic mass is 10.2. The minimum atomic E-state index is -1.11. The molecule has 0 unspecified atom stereocenters. The molecule has 3 aromatic rings. The van der Waals surface area contributed by atoms with Crippen molar-refractivity contribution in [2.45, 2.75) is 0 Å². The van der Waals surface area contributed by atoms with Gasteiger partial charge in [-0.05, 0) is 24.3 Å². The van der Waals surface area contributed by atoms with Gasteiger partial charge in [0, 0.05) is 23.0 Å². The van der Waals surface area contributed by atoms with E-state index in [1.54, 1.807) is 31.3 Å². The van der Waals surface area contributed by atoms with Crippen molar-refractivity contribution in [3.8, 4) is 5.75 Å². The summed E-state index contributed by atoms with van der Waals surface area (Å²) < 4.78 is 20.4. The molecule has 0 saturated carbocycles. The van der Waals surface area contributed by atoms with E-state index in [-0.39, 0.29) is 18.8 Å². The summed E-state index contributed by atoms with van der Waals surface area (Å²) >= 11 is 3.23. The molecule has 1 heterocycles. The van der Waals surface area contributed by atoms with Gasteiger partial charge in [0.2, 0.25) is 0 Å². The smallest absolute Gasteiger partial charge is 0.404 e. The van der Waals surface area contributed by atoms with Crippen molar-refractivity contribution in [3.63, 3.8) is 0 Å². The summed E-state index contributed by atoms with van der Waals surface area (Å²) in [4.78, 5) is 19.0. The van der Waals surface area contributed by atoms with Gasteiger partial charge in [-0.2, -0.15) is 0 Å². The van der Waals surface area contributed by atoms with Crippen molar-refractivity contribution in [1.82, 2.24) is 15.3 Å². The van der Waals surface area contributed by atoms with E-state index >= 15 is 0 Å². The van der Waals surface area contributed by atoms with Gasteiger partial charge >= 0.3 is 6.09 Å². The monoisotopic (exact) mass is 449 g/mol. The van der Waals surface area contributed by atoms with Gasteiger partial charge in [0.05, 0.1) is 23.4 Å². The number of fused-ring (bicyclic) bond motifs is 1. The van der Waals surface area contributed by atoms with E-state index in [1.165, 1.54) is 12.4 Å². The number of carboxylic acid groups (broad SMARTS) is 1. The van der Waals surface area contributed by atoms with Crippen LogP contribution in [0, 0.1) is 5.82 Å². The molecule has 0 fully saturated rings. The molecule has 0 aliphatic carbocycles. The minimum Gasteiger partial charge on any atom is -0.490 e. The maximum absolute atomic E-state index is 14.2. The average Bonchev–Trinajstić information content (AvgIpc) is 2.66. The molecule has 0 aliphatic heterocycles. The zero-order valence-electron chi connectivity index (χ0n) is 14.8. The summed E-state index contributed by atoms with van der Waals surface area (Å²) in [7, 11) is 1.73. The average molecular weight is 450 g/mol. The third kappa shape index (κ3) is 4.58. The Hall–Kier alpha value is -3.14. The van der Waals surface area contributed by atoms with Gasteiger partial charge in [-0.25, -0.2) is 19.2 Å². The molecule has 1 amide bonds. The standard InChI is InChI=1S/C18H17BrFN5O3/c1-21-15-7-11-14(8-16(15)28-5-4-22-18(26)27)23-9-24-17(11)25-13-3-2-10(19)6-12(13)20/h2-3,6-9,21-22H,4-5H2,1H3,(H,26,27)(H,23,24,25). The first-order valence-electron chi connectivity index (χ1n) is 8.26. The highest BCUT2D eigenvalue weighted by Gasteiger charge is 2.12. The fraction of sp³-hybridized carbons (Fsp3) is 0.167. The second-order valence-electron chi connectivity index (χ2n) is 5.67. The van der Waals surface area contributed by atoms with E-state index in [0.29, 0.717) is 32.6 Å². The third-order valence-electron chi connectivity index (χ3n) is 3.83. The van der Waals surface area contributed by atoms with Crippen LogP contribution in [0.5, 0.6) is 5.75 Å². The molecule has 146 valence electrons. The van der Waals surface area contributed by atoms with E-state index in [2.05, 4.69) is 41.8 Å². The highest BCUT2D eigenvalue weighted by molar-refractivity contribution is 9.10. The van der Waals surface area contributed by atoms with Crippen molar-refractivity contribution < 1.29 is 19.0 Å². The van der Waals surface area contributed by atoms with Crippen molar-refractivity contribution in [2.75, 3.05) is 30.8 Å². The van der Waals surface area contributed by atoms with Gasteiger partial charge in [0.15, 0.2) is 0 Å². The quantitative estimate of drug-likeness (QED) is 0.404. The van der Waals surface area contributed by atoms with Crippen molar-refractivity contribution in [2.24, 2.45) is 0 Å². The topological polar surface area (TPSA) is 108 Å². The van der Waals surface area contributed by atoms with Crippen LogP contribution >= 0.6 is 15.9 Å². The fourth-order valence-electron chi connectivity index (χ4n) is 2.54. The Labute approximate surface area is 168 Å². The number of hydrogen-bond acceptors (Lipinski definition) is 6. The summed E-state index contributed by atoms with van der Waals surface area (Å²) in [5.41, 5.74) is 1.54. The van der Waals surface area contributed by atoms with E-state index in [4.69, 9.17) is 9.84 Å². The maximum atomic E-state index is 14.2. The highest BCUT2D eigenvalue weighted by atomic mass is 79.9. The van der Waals surface area contributed by atoms with Crippen LogP contribution in [0.3, 0.4) is 0 Å². The first-order chi connectivity index (χ1) is 13.5. The molecule has 28 heavy (non-hydrogen) atoms. The Morgan fingerprint density at radius 1 is 1.25 bits per heavy atom. The van der Waals surface area contributed by atoms with E-state index in [1.807, 2.05) is 0 Å². The molecule has 4 N–H and O–H groups in total. The molecule has 2 aromatic carbocycles. The van der Waals surface area contributed by atoms with Crippen molar-refractivity contribution >= 4 is 50.1 Å². The first-order valence-corrected chi connectivity index (χ1v) is 9.05. The Balaban J connectivity index is 1.90. The number of anilines is 3. The summed E-state index contributed by atoms with van der Waals surface area (Å²) in [6.07, 6.45) is 0.260. The molecule has 0 aliphatic rings. The largest absolute Gasteiger partial charge is 0.490 e. The van der Waals surface area contributed by atoms with Crippen LogP contribution in [-0.4, -0.2) is 41.4 Å². The van der Waals surface area contributed by atoms with Crippen LogP contribution in [-0.2, 0) is 0 Å². The number of amides is 1. The number of benzene rings is 2. The van der Waals surface area contributed by atoms with Gasteiger partial charge in [-0.3, -0.25) is 0 Å². The second-order valence-corrected chi connectivity index (χ2v) is 6.58. The Kier molecular flexibility index (Phi) is 6.09. The molecule has 0 atom stereocenters. The fourth-order valence-corrected chi connectivity index (χ4v) is 2.87. The van der Waals surface area contributed by atoms with Gasteiger partial charge < -0.3 is 25.8 Å². The summed E-state index contributed by atoms with van der Waals surface area (Å²) in [5.74, 6) is 0.546. The molecule has 0 bridgehead atoms. The molecule has 0 saturated heterocycles. The number of halogens is 2. The molecule has 1 aromatic heterocycles. The normalized spacial score (nSPS) is 10.5. The molecule has 0 radical (unpaired) electrons. The van der Waals surface area contributed by atoms with E-state index < -0.39 is 11.9 Å². The van der Waals surface area contributed by atoms with Crippen LogP contribution in [0.2, 0.25) is 0 Å². The van der Waals surface area contributed by atoms with E-state index in [9.17, 15) is 9.18 Å². The van der Waals surface area contributed by atoms with E-state index in [0.717, 1.165) is 0 Å². The SMILES string of the molecule is CNc1cc2c(Nc3ccc(Br)cc3F)ncnc2cc1OCCNC(=O)O. The Bertz CT molecular complexity index is 1020. The molecular formula is C18H17BrFN5O3. The molecule has 0 spiro atoms. The Morgan fingerprint density at radius 2 is 2.07 bits per heavy atom. The minimum absolute atomic E-state index is 0.149. The first kappa shape index (κ1) is 19.6. The number of nitrogens with one attached hydrogen (secondary N) is 3. The molecular weight excluding hydrogens is 433 g/mol. The zero-order chi connectivity index (χ0) is 20.1. The highest BCUT2D eigenvalue weighted by Crippen LogP contribution is 2.33. The molecule has 3 rings (SSSR count). The van der Waals surface area contributed by atoms with Crippen molar-refractivity contribution in [1.29, 1.82) is 0 Å². The number of nitrogens with zero attached hydrogens (tertiary/aromatic N) is 2. The zero-order valence-corrected chi connectivity index (χ0v) is 16.4. The van der Waals surface area contributed by atoms with Crippen LogP contribution in [0.4, 0.5) is 26.4 Å². The van der Waals surface area contributed by atoms with Gasteiger partial charge in [-0.15, -0.1) is 0 Å². The molecule has 10 heteroatoms. The van der Waals surface area contributed by atoms with Gasteiger partial charge in [-0.1, -0.05) is 15.9 Å². The summed E-state index contributed by atoms with van der Waals surface area (Å²) in [6.45, 7) is 0.308. The van der Waals surface area contributed by atoms with Crippen LogP contribution < -0.4 is 20.7 Å². The predicted octanol–water partition coefficient (Wildman–Crippen LogP) is 3.96. The second kappa shape index (κ2) is 8.70.